The first-order chi connectivity index (χ1) is 10.3. The number of methoxy groups -OCH3 is 1. The highest BCUT2D eigenvalue weighted by molar-refractivity contribution is 6.09. The van der Waals surface area contributed by atoms with Gasteiger partial charge in [-0.2, -0.15) is 0 Å². The van der Waals surface area contributed by atoms with Crippen molar-refractivity contribution in [3.05, 3.63) is 12.2 Å². The number of rotatable bonds is 15. The minimum atomic E-state index is -0.273. The Morgan fingerprint density at radius 2 is 1.38 bits per heavy atom. The van der Waals surface area contributed by atoms with E-state index in [1.54, 1.807) is 0 Å². The van der Waals surface area contributed by atoms with Crippen molar-refractivity contribution in [2.45, 2.75) is 12.7 Å². The van der Waals surface area contributed by atoms with E-state index in [0.717, 1.165) is 0 Å². The predicted molar refractivity (Wildman–Crippen MR) is 79.6 cm³/mol. The number of carbonyl (C=O) groups excluding carboxylic acids is 1. The maximum atomic E-state index is 10.8. The molecule has 0 bridgehead atoms. The van der Waals surface area contributed by atoms with Gasteiger partial charge >= 0.3 is 5.97 Å². The quantitative estimate of drug-likeness (QED) is 0.193. The van der Waals surface area contributed by atoms with Gasteiger partial charge in [0.05, 0.1) is 74.2 Å². The standard InChI is InChI=1S/C14H25BO6/c1-17-14(16)4-7-19-9-11-21-13-12-20-10-8-18-6-3-2-5-15/h2-3H,4-13H2,1H3/b3-2+. The molecule has 0 fully saturated rings. The highest BCUT2D eigenvalue weighted by Gasteiger charge is 1.98. The summed E-state index contributed by atoms with van der Waals surface area (Å²) in [6, 6.07) is 0. The smallest absolute Gasteiger partial charge is 0.307 e. The van der Waals surface area contributed by atoms with Crippen LogP contribution in [0.25, 0.3) is 0 Å². The molecule has 0 aliphatic rings. The van der Waals surface area contributed by atoms with E-state index in [9.17, 15) is 4.79 Å². The van der Waals surface area contributed by atoms with Crippen LogP contribution in [-0.2, 0) is 28.5 Å². The van der Waals surface area contributed by atoms with Crippen molar-refractivity contribution < 1.29 is 28.5 Å². The fourth-order valence-electron chi connectivity index (χ4n) is 1.23. The van der Waals surface area contributed by atoms with Gasteiger partial charge in [0.25, 0.3) is 0 Å². The number of hydrogen-bond acceptors (Lipinski definition) is 6. The van der Waals surface area contributed by atoms with Crippen molar-refractivity contribution in [1.29, 1.82) is 0 Å². The summed E-state index contributed by atoms with van der Waals surface area (Å²) < 4.78 is 25.6. The summed E-state index contributed by atoms with van der Waals surface area (Å²) in [4.78, 5) is 10.8. The van der Waals surface area contributed by atoms with Gasteiger partial charge in [0.1, 0.15) is 0 Å². The molecule has 0 aliphatic heterocycles. The summed E-state index contributed by atoms with van der Waals surface area (Å²) in [6.07, 6.45) is 4.52. The third-order valence-electron chi connectivity index (χ3n) is 2.31. The first-order valence-electron chi connectivity index (χ1n) is 7.04. The maximum absolute atomic E-state index is 10.8. The Kier molecular flexibility index (Phi) is 16.4. The van der Waals surface area contributed by atoms with Crippen LogP contribution < -0.4 is 0 Å². The summed E-state index contributed by atoms with van der Waals surface area (Å²) in [5.74, 6) is -0.273. The molecule has 0 heterocycles. The fourth-order valence-corrected chi connectivity index (χ4v) is 1.23. The molecule has 120 valence electrons. The van der Waals surface area contributed by atoms with E-state index >= 15 is 0 Å². The molecule has 2 radical (unpaired) electrons. The Hall–Kier alpha value is -0.885. The van der Waals surface area contributed by atoms with E-state index in [2.05, 4.69) is 4.74 Å². The average molecular weight is 300 g/mol. The van der Waals surface area contributed by atoms with Gasteiger partial charge in [-0.05, 0) is 0 Å². The molecule has 0 aromatic carbocycles. The topological polar surface area (TPSA) is 63.2 Å². The largest absolute Gasteiger partial charge is 0.469 e. The zero-order valence-corrected chi connectivity index (χ0v) is 12.8. The number of allylic oxidation sites excluding steroid dienone is 1. The molecule has 7 heteroatoms. The Labute approximate surface area is 128 Å². The summed E-state index contributed by atoms with van der Waals surface area (Å²) in [6.45, 7) is 3.94. The van der Waals surface area contributed by atoms with Crippen LogP contribution in [0.5, 0.6) is 0 Å². The zero-order chi connectivity index (χ0) is 15.6. The third kappa shape index (κ3) is 17.1. The van der Waals surface area contributed by atoms with Gasteiger partial charge in [0.2, 0.25) is 0 Å². The summed E-state index contributed by atoms with van der Waals surface area (Å²) in [7, 11) is 6.64. The van der Waals surface area contributed by atoms with Crippen LogP contribution in [0.1, 0.15) is 6.42 Å². The lowest BCUT2D eigenvalue weighted by atomic mass is 10.1. The molecule has 0 saturated heterocycles. The molecule has 0 N–H and O–H groups in total. The molecule has 0 spiro atoms. The Morgan fingerprint density at radius 1 is 0.857 bits per heavy atom. The molecular weight excluding hydrogens is 275 g/mol. The third-order valence-corrected chi connectivity index (χ3v) is 2.31. The van der Waals surface area contributed by atoms with Crippen LogP contribution in [0.2, 0.25) is 6.32 Å². The lowest BCUT2D eigenvalue weighted by Gasteiger charge is -2.06. The van der Waals surface area contributed by atoms with Crippen LogP contribution in [0.4, 0.5) is 0 Å². The summed E-state index contributed by atoms with van der Waals surface area (Å²) in [5, 5.41) is 0. The van der Waals surface area contributed by atoms with Gasteiger partial charge in [-0.3, -0.25) is 4.79 Å². The van der Waals surface area contributed by atoms with Gasteiger partial charge in [0, 0.05) is 0 Å². The number of carbonyl (C=O) groups is 1. The maximum Gasteiger partial charge on any atom is 0.307 e. The molecule has 0 aromatic rings. The van der Waals surface area contributed by atoms with E-state index in [4.69, 9.17) is 26.8 Å². The molecule has 0 aliphatic carbocycles. The minimum Gasteiger partial charge on any atom is -0.469 e. The molecule has 0 amide bonds. The number of hydrogen-bond donors (Lipinski definition) is 0. The SMILES string of the molecule is [B]C/C=C/COCCOCCOCCOCCC(=O)OC. The fraction of sp³-hybridized carbons (Fsp3) is 0.786. The highest BCUT2D eigenvalue weighted by atomic mass is 16.6. The van der Waals surface area contributed by atoms with E-state index in [1.165, 1.54) is 7.11 Å². The Morgan fingerprint density at radius 3 is 1.90 bits per heavy atom. The van der Waals surface area contributed by atoms with Crippen molar-refractivity contribution in [1.82, 2.24) is 0 Å². The number of ether oxygens (including phenoxy) is 5. The summed E-state index contributed by atoms with van der Waals surface area (Å²) >= 11 is 0. The van der Waals surface area contributed by atoms with Gasteiger partial charge in [0.15, 0.2) is 0 Å². The van der Waals surface area contributed by atoms with E-state index in [1.807, 2.05) is 12.2 Å². The minimum absolute atomic E-state index is 0.264. The van der Waals surface area contributed by atoms with Crippen molar-refractivity contribution in [2.24, 2.45) is 0 Å². The van der Waals surface area contributed by atoms with E-state index in [0.29, 0.717) is 59.2 Å². The second-order valence-electron chi connectivity index (χ2n) is 3.95. The van der Waals surface area contributed by atoms with Crippen molar-refractivity contribution in [2.75, 3.05) is 60.0 Å². The molecule has 0 atom stereocenters. The van der Waals surface area contributed by atoms with Gasteiger partial charge in [-0.25, -0.2) is 0 Å². The first kappa shape index (κ1) is 20.1. The zero-order valence-electron chi connectivity index (χ0n) is 12.8. The lowest BCUT2D eigenvalue weighted by Crippen LogP contribution is -2.13. The van der Waals surface area contributed by atoms with Crippen molar-refractivity contribution in [3.8, 4) is 0 Å². The molecule has 0 saturated carbocycles. The summed E-state index contributed by atoms with van der Waals surface area (Å²) in [5.41, 5.74) is 0. The first-order valence-corrected chi connectivity index (χ1v) is 7.04. The monoisotopic (exact) mass is 300 g/mol. The predicted octanol–water partition coefficient (Wildman–Crippen LogP) is 0.759. The molecule has 0 unspecified atom stereocenters. The highest BCUT2D eigenvalue weighted by Crippen LogP contribution is 1.87. The van der Waals surface area contributed by atoms with Crippen molar-refractivity contribution in [3.63, 3.8) is 0 Å². The van der Waals surface area contributed by atoms with Gasteiger partial charge in [-0.1, -0.05) is 18.5 Å². The lowest BCUT2D eigenvalue weighted by molar-refractivity contribution is -0.141. The van der Waals surface area contributed by atoms with Crippen LogP contribution in [-0.4, -0.2) is 73.8 Å². The van der Waals surface area contributed by atoms with Crippen LogP contribution >= 0.6 is 0 Å². The van der Waals surface area contributed by atoms with Crippen molar-refractivity contribution >= 4 is 13.8 Å². The molecule has 0 aromatic heterocycles. The van der Waals surface area contributed by atoms with Gasteiger partial charge in [-0.15, -0.1) is 0 Å². The normalized spacial score (nSPS) is 11.1. The Bertz CT molecular complexity index is 260. The van der Waals surface area contributed by atoms with Crippen LogP contribution in [0.15, 0.2) is 12.2 Å². The van der Waals surface area contributed by atoms with Gasteiger partial charge < -0.3 is 23.7 Å². The molecule has 21 heavy (non-hydrogen) atoms. The molecule has 0 rings (SSSR count). The Balaban J connectivity index is 3.02. The van der Waals surface area contributed by atoms with E-state index in [-0.39, 0.29) is 12.4 Å². The second-order valence-corrected chi connectivity index (χ2v) is 3.95. The van der Waals surface area contributed by atoms with Crippen LogP contribution in [0.3, 0.4) is 0 Å². The molecule has 6 nitrogen and oxygen atoms in total. The van der Waals surface area contributed by atoms with Crippen LogP contribution in [0, 0.1) is 0 Å². The second kappa shape index (κ2) is 17.2. The van der Waals surface area contributed by atoms with E-state index < -0.39 is 0 Å². The molecular formula is C14H25BO6. The average Bonchev–Trinajstić information content (AvgIpc) is 2.50. The number of esters is 1.